The number of hydrogen-bond acceptors (Lipinski definition) is 7. The van der Waals surface area contributed by atoms with E-state index in [2.05, 4.69) is 16.0 Å². The second-order valence-corrected chi connectivity index (χ2v) is 5.40. The molecule has 1 aromatic rings. The number of hydrogen-bond donors (Lipinski definition) is 3. The minimum atomic E-state index is -0.332. The van der Waals surface area contributed by atoms with Gasteiger partial charge in [-0.05, 0) is 18.2 Å². The van der Waals surface area contributed by atoms with E-state index in [9.17, 15) is 19.2 Å². The van der Waals surface area contributed by atoms with Crippen LogP contribution in [0.1, 0.15) is 16.8 Å². The van der Waals surface area contributed by atoms with Gasteiger partial charge in [-0.25, -0.2) is 0 Å². The Labute approximate surface area is 162 Å². The van der Waals surface area contributed by atoms with Gasteiger partial charge >= 0.3 is 0 Å². The van der Waals surface area contributed by atoms with Gasteiger partial charge in [-0.3, -0.25) is 14.4 Å². The number of carbonyl (C=O) groups is 4. The zero-order valence-electron chi connectivity index (χ0n) is 15.7. The molecule has 0 atom stereocenters. The van der Waals surface area contributed by atoms with E-state index in [1.807, 2.05) is 0 Å². The van der Waals surface area contributed by atoms with Crippen LogP contribution in [0.25, 0.3) is 0 Å². The number of ether oxygens (including phenoxy) is 3. The molecule has 0 saturated carbocycles. The van der Waals surface area contributed by atoms with Crippen molar-refractivity contribution in [2.75, 3.05) is 51.9 Å². The van der Waals surface area contributed by atoms with Gasteiger partial charge in [0.2, 0.25) is 12.3 Å². The summed E-state index contributed by atoms with van der Waals surface area (Å²) < 4.78 is 15.4. The molecule has 0 aliphatic rings. The van der Waals surface area contributed by atoms with Crippen LogP contribution in [-0.2, 0) is 23.9 Å². The summed E-state index contributed by atoms with van der Waals surface area (Å²) in [6, 6.07) is 4.66. The third kappa shape index (κ3) is 9.10. The maximum absolute atomic E-state index is 12.2. The Bertz CT molecular complexity index is 652. The Hall–Kier alpha value is -2.98. The van der Waals surface area contributed by atoms with Crippen molar-refractivity contribution >= 4 is 30.2 Å². The number of methoxy groups -OCH3 is 1. The van der Waals surface area contributed by atoms with Crippen molar-refractivity contribution in [2.45, 2.75) is 6.42 Å². The van der Waals surface area contributed by atoms with Crippen LogP contribution < -0.4 is 20.7 Å². The Kier molecular flexibility index (Phi) is 11.6. The SMILES string of the molecule is COc1ccc(C(=O)NCCOCCOCC=O)cc1NC(=O)CCNC=O. The summed E-state index contributed by atoms with van der Waals surface area (Å²) in [4.78, 5) is 44.4. The quantitative estimate of drug-likeness (QED) is 0.275. The molecule has 1 rings (SSSR count). The summed E-state index contributed by atoms with van der Waals surface area (Å²) >= 11 is 0. The number of nitrogens with one attached hydrogen (secondary N) is 3. The highest BCUT2D eigenvalue weighted by Gasteiger charge is 2.12. The number of anilines is 1. The Morgan fingerprint density at radius 1 is 1.07 bits per heavy atom. The fourth-order valence-electron chi connectivity index (χ4n) is 2.09. The van der Waals surface area contributed by atoms with Gasteiger partial charge in [0, 0.05) is 25.1 Å². The molecule has 28 heavy (non-hydrogen) atoms. The average molecular weight is 395 g/mol. The highest BCUT2D eigenvalue weighted by Crippen LogP contribution is 2.25. The van der Waals surface area contributed by atoms with Crippen molar-refractivity contribution in [1.82, 2.24) is 10.6 Å². The average Bonchev–Trinajstić information content (AvgIpc) is 2.70. The zero-order valence-corrected chi connectivity index (χ0v) is 15.7. The Balaban J connectivity index is 2.49. The molecule has 3 N–H and O–H groups in total. The van der Waals surface area contributed by atoms with Gasteiger partial charge in [-0.2, -0.15) is 0 Å². The van der Waals surface area contributed by atoms with Gasteiger partial charge in [0.25, 0.3) is 5.91 Å². The molecule has 0 radical (unpaired) electrons. The largest absolute Gasteiger partial charge is 0.495 e. The van der Waals surface area contributed by atoms with Crippen molar-refractivity contribution in [1.29, 1.82) is 0 Å². The second-order valence-electron chi connectivity index (χ2n) is 5.40. The number of amides is 3. The van der Waals surface area contributed by atoms with Crippen LogP contribution in [-0.4, -0.2) is 71.1 Å². The van der Waals surface area contributed by atoms with E-state index in [0.717, 1.165) is 0 Å². The molecule has 0 aliphatic carbocycles. The first-order chi connectivity index (χ1) is 13.6. The highest BCUT2D eigenvalue weighted by molar-refractivity contribution is 5.98. The van der Waals surface area contributed by atoms with Gasteiger partial charge in [0.15, 0.2) is 0 Å². The fourth-order valence-corrected chi connectivity index (χ4v) is 2.09. The summed E-state index contributed by atoms with van der Waals surface area (Å²) in [7, 11) is 1.45. The van der Waals surface area contributed by atoms with Crippen molar-refractivity contribution < 1.29 is 33.4 Å². The van der Waals surface area contributed by atoms with E-state index < -0.39 is 0 Å². The van der Waals surface area contributed by atoms with Crippen LogP contribution in [0.4, 0.5) is 5.69 Å². The summed E-state index contributed by atoms with van der Waals surface area (Å²) in [5.74, 6) is -0.246. The molecule has 0 aliphatic heterocycles. The molecule has 0 bridgehead atoms. The number of benzene rings is 1. The van der Waals surface area contributed by atoms with Crippen LogP contribution >= 0.6 is 0 Å². The summed E-state index contributed by atoms with van der Waals surface area (Å²) in [5.41, 5.74) is 0.700. The molecule has 0 aromatic heterocycles. The van der Waals surface area contributed by atoms with E-state index in [0.29, 0.717) is 49.5 Å². The van der Waals surface area contributed by atoms with Crippen molar-refractivity contribution in [3.8, 4) is 5.75 Å². The maximum atomic E-state index is 12.2. The van der Waals surface area contributed by atoms with Crippen LogP contribution in [0.5, 0.6) is 5.75 Å². The van der Waals surface area contributed by atoms with Crippen LogP contribution in [0.2, 0.25) is 0 Å². The van der Waals surface area contributed by atoms with Crippen LogP contribution in [0, 0.1) is 0 Å². The lowest BCUT2D eigenvalue weighted by atomic mass is 10.1. The molecule has 0 unspecified atom stereocenters. The third-order valence-electron chi connectivity index (χ3n) is 3.41. The lowest BCUT2D eigenvalue weighted by Crippen LogP contribution is -2.28. The van der Waals surface area contributed by atoms with Gasteiger partial charge in [0.1, 0.15) is 18.6 Å². The van der Waals surface area contributed by atoms with Crippen molar-refractivity contribution in [2.24, 2.45) is 0 Å². The maximum Gasteiger partial charge on any atom is 0.251 e. The van der Waals surface area contributed by atoms with Gasteiger partial charge in [-0.1, -0.05) is 0 Å². The van der Waals surface area contributed by atoms with Gasteiger partial charge in [-0.15, -0.1) is 0 Å². The Morgan fingerprint density at radius 3 is 2.57 bits per heavy atom. The first kappa shape index (κ1) is 23.1. The molecule has 10 nitrogen and oxygen atoms in total. The molecule has 10 heteroatoms. The molecule has 3 amide bonds. The molecular formula is C18H25N3O7. The predicted molar refractivity (Wildman–Crippen MR) is 100 cm³/mol. The third-order valence-corrected chi connectivity index (χ3v) is 3.41. The molecule has 1 aromatic carbocycles. The first-order valence-electron chi connectivity index (χ1n) is 8.64. The standard InChI is InChI=1S/C18H25N3O7/c1-26-16-3-2-14(12-15(16)21-17(24)4-5-19-13-23)18(25)20-6-8-27-10-11-28-9-7-22/h2-3,7,12-13H,4-6,8-11H2,1H3,(H,19,23)(H,20,25)(H,21,24). The lowest BCUT2D eigenvalue weighted by Gasteiger charge is -2.12. The Morgan fingerprint density at radius 2 is 1.86 bits per heavy atom. The van der Waals surface area contributed by atoms with Gasteiger partial charge < -0.3 is 35.0 Å². The smallest absolute Gasteiger partial charge is 0.251 e. The number of rotatable bonds is 15. The van der Waals surface area contributed by atoms with Gasteiger partial charge in [0.05, 0.1) is 32.6 Å². The molecule has 154 valence electrons. The van der Waals surface area contributed by atoms with E-state index in [-0.39, 0.29) is 37.9 Å². The summed E-state index contributed by atoms with van der Waals surface area (Å²) in [6.45, 7) is 1.44. The molecule has 0 spiro atoms. The number of carbonyl (C=O) groups excluding carboxylic acids is 4. The molecule has 0 heterocycles. The predicted octanol–water partition coefficient (Wildman–Crippen LogP) is -0.268. The molecule has 0 fully saturated rings. The van der Waals surface area contributed by atoms with E-state index >= 15 is 0 Å². The minimum absolute atomic E-state index is 0.0318. The summed E-state index contributed by atoms with van der Waals surface area (Å²) in [6.07, 6.45) is 1.26. The minimum Gasteiger partial charge on any atom is -0.495 e. The van der Waals surface area contributed by atoms with E-state index in [1.165, 1.54) is 13.2 Å². The summed E-state index contributed by atoms with van der Waals surface area (Å²) in [5, 5.41) is 7.75. The zero-order chi connectivity index (χ0) is 20.6. The molecule has 0 saturated heterocycles. The fraction of sp³-hybridized carbons (Fsp3) is 0.444. The van der Waals surface area contributed by atoms with Crippen LogP contribution in [0.15, 0.2) is 18.2 Å². The lowest BCUT2D eigenvalue weighted by molar-refractivity contribution is -0.116. The van der Waals surface area contributed by atoms with Crippen molar-refractivity contribution in [3.63, 3.8) is 0 Å². The second kappa shape index (κ2) is 14.1. The molecular weight excluding hydrogens is 370 g/mol. The highest BCUT2D eigenvalue weighted by atomic mass is 16.5. The monoisotopic (exact) mass is 395 g/mol. The van der Waals surface area contributed by atoms with E-state index in [1.54, 1.807) is 12.1 Å². The van der Waals surface area contributed by atoms with Crippen LogP contribution in [0.3, 0.4) is 0 Å². The first-order valence-corrected chi connectivity index (χ1v) is 8.64. The topological polar surface area (TPSA) is 132 Å². The normalized spacial score (nSPS) is 10.0. The van der Waals surface area contributed by atoms with Crippen molar-refractivity contribution in [3.05, 3.63) is 23.8 Å². The number of aldehydes is 1. The van der Waals surface area contributed by atoms with E-state index in [4.69, 9.17) is 14.2 Å².